The van der Waals surface area contributed by atoms with Crippen LogP contribution in [0.1, 0.15) is 41.8 Å². The van der Waals surface area contributed by atoms with Crippen molar-refractivity contribution >= 4 is 16.9 Å². The number of carbonyl (C=O) groups excluding carboxylic acids is 1. The Kier molecular flexibility index (Phi) is 5.79. The first kappa shape index (κ1) is 20.4. The van der Waals surface area contributed by atoms with Gasteiger partial charge in [-0.1, -0.05) is 30.3 Å². The molecule has 0 atom stereocenters. The highest BCUT2D eigenvalue weighted by Gasteiger charge is 2.25. The van der Waals surface area contributed by atoms with Gasteiger partial charge in [0.1, 0.15) is 6.54 Å². The van der Waals surface area contributed by atoms with E-state index in [0.29, 0.717) is 41.4 Å². The van der Waals surface area contributed by atoms with Crippen molar-refractivity contribution < 1.29 is 13.6 Å². The zero-order valence-corrected chi connectivity index (χ0v) is 17.3. The number of rotatable bonds is 5. The van der Waals surface area contributed by atoms with Crippen molar-refractivity contribution in [2.45, 2.75) is 46.1 Å². The molecular formula is C23H26F2N4O. The largest absolute Gasteiger partial charge is 0.341 e. The maximum absolute atomic E-state index is 13.5. The number of aromatic nitrogens is 3. The Hall–Kier alpha value is -2.83. The molecule has 3 aromatic rings. The fraction of sp³-hybridized carbons (Fsp3) is 0.435. The van der Waals surface area contributed by atoms with Gasteiger partial charge in [-0.25, -0.2) is 18.4 Å². The van der Waals surface area contributed by atoms with Gasteiger partial charge in [0, 0.05) is 24.3 Å². The molecule has 2 aromatic heterocycles. The van der Waals surface area contributed by atoms with Gasteiger partial charge < -0.3 is 4.90 Å². The number of halogens is 2. The molecule has 1 fully saturated rings. The second kappa shape index (κ2) is 8.50. The normalized spacial score (nSPS) is 15.3. The van der Waals surface area contributed by atoms with Crippen LogP contribution in [0.2, 0.25) is 0 Å². The zero-order chi connectivity index (χ0) is 21.3. The van der Waals surface area contributed by atoms with Crippen molar-refractivity contribution in [1.29, 1.82) is 0 Å². The van der Waals surface area contributed by atoms with Crippen LogP contribution in [0, 0.1) is 19.8 Å². The number of hydrogen-bond donors (Lipinski definition) is 0. The Bertz CT molecular complexity index is 1040. The quantitative estimate of drug-likeness (QED) is 0.621. The minimum Gasteiger partial charge on any atom is -0.341 e. The topological polar surface area (TPSA) is 51.0 Å². The van der Waals surface area contributed by atoms with Crippen molar-refractivity contribution in [1.82, 2.24) is 19.7 Å². The highest BCUT2D eigenvalue weighted by atomic mass is 19.3. The summed E-state index contributed by atoms with van der Waals surface area (Å²) in [6.45, 7) is 4.80. The smallest absolute Gasteiger partial charge is 0.264 e. The van der Waals surface area contributed by atoms with E-state index in [2.05, 4.69) is 34.3 Å². The van der Waals surface area contributed by atoms with Crippen molar-refractivity contribution in [3.8, 4) is 0 Å². The Morgan fingerprint density at radius 1 is 1.17 bits per heavy atom. The minimum atomic E-state index is -2.61. The van der Waals surface area contributed by atoms with Crippen LogP contribution in [0.15, 0.2) is 36.4 Å². The lowest BCUT2D eigenvalue weighted by atomic mass is 9.90. The lowest BCUT2D eigenvalue weighted by molar-refractivity contribution is -0.133. The number of likely N-dealkylation sites (tertiary alicyclic amines) is 1. The fourth-order valence-corrected chi connectivity index (χ4v) is 4.36. The first-order chi connectivity index (χ1) is 14.4. The van der Waals surface area contributed by atoms with Gasteiger partial charge in [0.25, 0.3) is 6.43 Å². The Balaban J connectivity index is 1.44. The van der Waals surface area contributed by atoms with E-state index in [4.69, 9.17) is 0 Å². The molecule has 1 saturated heterocycles. The SMILES string of the molecule is Cc1cc(C(F)F)c2c(C)nn(CC(=O)N3CCC(Cc4ccccc4)CC3)c2n1. The molecule has 0 bridgehead atoms. The van der Waals surface area contributed by atoms with Crippen molar-refractivity contribution in [3.63, 3.8) is 0 Å². The van der Waals surface area contributed by atoms with Crippen LogP contribution in [0.3, 0.4) is 0 Å². The molecule has 1 aromatic carbocycles. The summed E-state index contributed by atoms with van der Waals surface area (Å²) in [5, 5.41) is 4.70. The third-order valence-electron chi connectivity index (χ3n) is 5.89. The molecular weight excluding hydrogens is 386 g/mol. The van der Waals surface area contributed by atoms with Crippen molar-refractivity contribution in [2.24, 2.45) is 5.92 Å². The second-order valence-corrected chi connectivity index (χ2v) is 8.11. The second-order valence-electron chi connectivity index (χ2n) is 8.11. The third kappa shape index (κ3) is 4.20. The van der Waals surface area contributed by atoms with Gasteiger partial charge in [0.15, 0.2) is 5.65 Å². The predicted octanol–water partition coefficient (Wildman–Crippen LogP) is 4.47. The van der Waals surface area contributed by atoms with E-state index in [1.165, 1.54) is 16.3 Å². The van der Waals surface area contributed by atoms with Gasteiger partial charge in [0.2, 0.25) is 5.91 Å². The Labute approximate surface area is 174 Å². The summed E-state index contributed by atoms with van der Waals surface area (Å²) in [5.74, 6) is 0.529. The van der Waals surface area contributed by atoms with Gasteiger partial charge >= 0.3 is 0 Å². The van der Waals surface area contributed by atoms with Gasteiger partial charge in [-0.15, -0.1) is 0 Å². The monoisotopic (exact) mass is 412 g/mol. The van der Waals surface area contributed by atoms with E-state index in [1.54, 1.807) is 13.8 Å². The summed E-state index contributed by atoms with van der Waals surface area (Å²) in [7, 11) is 0. The number of aryl methyl sites for hydroxylation is 2. The molecule has 5 nitrogen and oxygen atoms in total. The fourth-order valence-electron chi connectivity index (χ4n) is 4.36. The van der Waals surface area contributed by atoms with E-state index in [9.17, 15) is 13.6 Å². The molecule has 0 unspecified atom stereocenters. The molecule has 7 heteroatoms. The molecule has 1 aliphatic rings. The molecule has 0 N–H and O–H groups in total. The Morgan fingerprint density at radius 3 is 2.53 bits per heavy atom. The molecule has 1 aliphatic heterocycles. The average Bonchev–Trinajstić information content (AvgIpc) is 3.03. The van der Waals surface area contributed by atoms with E-state index in [1.807, 2.05) is 11.0 Å². The van der Waals surface area contributed by atoms with Crippen LogP contribution >= 0.6 is 0 Å². The minimum absolute atomic E-state index is 0.0207. The predicted molar refractivity (Wildman–Crippen MR) is 111 cm³/mol. The summed E-state index contributed by atoms with van der Waals surface area (Å²) in [5.41, 5.74) is 2.58. The summed E-state index contributed by atoms with van der Waals surface area (Å²) in [4.78, 5) is 19.1. The number of hydrogen-bond acceptors (Lipinski definition) is 3. The van der Waals surface area contributed by atoms with Gasteiger partial charge in [-0.05, 0) is 50.7 Å². The summed E-state index contributed by atoms with van der Waals surface area (Å²) in [6.07, 6.45) is 0.356. The highest BCUT2D eigenvalue weighted by Crippen LogP contribution is 2.30. The maximum atomic E-state index is 13.5. The molecule has 30 heavy (non-hydrogen) atoms. The molecule has 3 heterocycles. The van der Waals surface area contributed by atoms with Crippen LogP contribution in [-0.4, -0.2) is 38.7 Å². The van der Waals surface area contributed by atoms with E-state index in [-0.39, 0.29) is 18.0 Å². The number of amides is 1. The maximum Gasteiger partial charge on any atom is 0.264 e. The number of pyridine rings is 1. The first-order valence-electron chi connectivity index (χ1n) is 10.4. The molecule has 0 radical (unpaired) electrons. The number of piperidine rings is 1. The zero-order valence-electron chi connectivity index (χ0n) is 17.3. The van der Waals surface area contributed by atoms with E-state index < -0.39 is 6.43 Å². The standard InChI is InChI=1S/C23H26F2N4O/c1-15-12-19(22(24)25)21-16(2)27-29(23(21)26-15)14-20(30)28-10-8-18(9-11-28)13-17-6-4-3-5-7-17/h3-7,12,18,22H,8-11,13-14H2,1-2H3. The lowest BCUT2D eigenvalue weighted by Crippen LogP contribution is -2.40. The van der Waals surface area contributed by atoms with E-state index in [0.717, 1.165) is 19.3 Å². The van der Waals surface area contributed by atoms with Crippen molar-refractivity contribution in [3.05, 3.63) is 58.9 Å². The summed E-state index contributed by atoms with van der Waals surface area (Å²) >= 11 is 0. The number of nitrogens with zero attached hydrogens (tertiary/aromatic N) is 4. The van der Waals surface area contributed by atoms with Crippen molar-refractivity contribution in [2.75, 3.05) is 13.1 Å². The van der Waals surface area contributed by atoms with Crippen LogP contribution in [-0.2, 0) is 17.8 Å². The summed E-state index contributed by atoms with van der Waals surface area (Å²) in [6, 6.07) is 11.8. The average molecular weight is 412 g/mol. The highest BCUT2D eigenvalue weighted by molar-refractivity contribution is 5.84. The molecule has 0 aliphatic carbocycles. The number of alkyl halides is 2. The van der Waals surface area contributed by atoms with E-state index >= 15 is 0 Å². The van der Waals surface area contributed by atoms with Crippen LogP contribution < -0.4 is 0 Å². The van der Waals surface area contributed by atoms with Gasteiger partial charge in [-0.3, -0.25) is 4.79 Å². The molecule has 158 valence electrons. The van der Waals surface area contributed by atoms with Gasteiger partial charge in [-0.2, -0.15) is 5.10 Å². The Morgan fingerprint density at radius 2 is 1.87 bits per heavy atom. The van der Waals surface area contributed by atoms with Gasteiger partial charge in [0.05, 0.1) is 11.1 Å². The number of fused-ring (bicyclic) bond motifs is 1. The third-order valence-corrected chi connectivity index (χ3v) is 5.89. The molecule has 0 spiro atoms. The first-order valence-corrected chi connectivity index (χ1v) is 10.4. The molecule has 4 rings (SSSR count). The van der Waals surface area contributed by atoms with Crippen LogP contribution in [0.4, 0.5) is 8.78 Å². The number of benzene rings is 1. The summed E-state index contributed by atoms with van der Waals surface area (Å²) < 4.78 is 28.4. The molecule has 1 amide bonds. The van der Waals surface area contributed by atoms with Crippen LogP contribution in [0.5, 0.6) is 0 Å². The lowest BCUT2D eigenvalue weighted by Gasteiger charge is -2.32. The van der Waals surface area contributed by atoms with Crippen LogP contribution in [0.25, 0.3) is 11.0 Å². The molecule has 0 saturated carbocycles. The number of carbonyl (C=O) groups is 1.